The van der Waals surface area contributed by atoms with Crippen LogP contribution in [0.4, 0.5) is 10.1 Å². The molecule has 4 bridgehead atoms. The number of benzene rings is 1. The van der Waals surface area contributed by atoms with E-state index in [0.29, 0.717) is 12.1 Å². The number of anilines is 1. The molecule has 0 aromatic heterocycles. The van der Waals surface area contributed by atoms with Crippen LogP contribution in [0.5, 0.6) is 0 Å². The van der Waals surface area contributed by atoms with Gasteiger partial charge < -0.3 is 10.6 Å². The molecule has 6 aliphatic rings. The first-order chi connectivity index (χ1) is 18.8. The van der Waals surface area contributed by atoms with Gasteiger partial charge in [0.25, 0.3) is 11.8 Å². The number of nitrogens with zero attached hydrogens (tertiary/aromatic N) is 1. The fourth-order valence-electron chi connectivity index (χ4n) is 8.38. The van der Waals surface area contributed by atoms with Crippen molar-refractivity contribution in [1.82, 2.24) is 15.5 Å². The monoisotopic (exact) mass is 538 g/mol. The van der Waals surface area contributed by atoms with E-state index in [2.05, 4.69) is 16.0 Å². The molecule has 7 rings (SSSR count). The predicted molar refractivity (Wildman–Crippen MR) is 144 cm³/mol. The average Bonchev–Trinajstić information content (AvgIpc) is 3.11. The number of imide groups is 2. The van der Waals surface area contributed by atoms with Crippen molar-refractivity contribution in [3.63, 3.8) is 0 Å². The van der Waals surface area contributed by atoms with E-state index >= 15 is 0 Å². The van der Waals surface area contributed by atoms with Crippen LogP contribution >= 0.6 is 0 Å². The quantitative estimate of drug-likeness (QED) is 0.289. The molecule has 1 saturated heterocycles. The van der Waals surface area contributed by atoms with Gasteiger partial charge in [-0.15, -0.1) is 0 Å². The predicted octanol–water partition coefficient (Wildman–Crippen LogP) is 4.15. The van der Waals surface area contributed by atoms with E-state index in [1.54, 1.807) is 0 Å². The molecule has 2 aliphatic heterocycles. The maximum atomic E-state index is 14.4. The molecule has 4 amide bonds. The SMILES string of the molecule is O=C1CCC(N2C(=O)c3cc(F)cc(NCCCCCCCNC45CC6CC(CC(C6)C4)C5)c3C2=O)C(=O)N1. The highest BCUT2D eigenvalue weighted by Crippen LogP contribution is 2.55. The summed E-state index contributed by atoms with van der Waals surface area (Å²) in [6.45, 7) is 1.65. The van der Waals surface area contributed by atoms with E-state index in [0.717, 1.165) is 54.5 Å². The third-order valence-electron chi connectivity index (χ3n) is 9.71. The summed E-state index contributed by atoms with van der Waals surface area (Å²) in [6, 6.07) is 1.21. The number of nitrogens with one attached hydrogen (secondary N) is 3. The smallest absolute Gasteiger partial charge is 0.264 e. The van der Waals surface area contributed by atoms with Gasteiger partial charge in [0.2, 0.25) is 11.8 Å². The number of carbonyl (C=O) groups excluding carboxylic acids is 4. The molecule has 1 atom stereocenters. The molecule has 4 aliphatic carbocycles. The molecule has 1 aromatic rings. The number of hydrogen-bond donors (Lipinski definition) is 3. The molecule has 2 heterocycles. The van der Waals surface area contributed by atoms with Crippen molar-refractivity contribution in [3.8, 4) is 0 Å². The largest absolute Gasteiger partial charge is 0.384 e. The number of fused-ring (bicyclic) bond motifs is 1. The molecule has 4 saturated carbocycles. The number of carbonyl (C=O) groups is 4. The first-order valence-corrected chi connectivity index (χ1v) is 14.9. The first-order valence-electron chi connectivity index (χ1n) is 14.9. The summed E-state index contributed by atoms with van der Waals surface area (Å²) in [7, 11) is 0. The van der Waals surface area contributed by atoms with E-state index in [4.69, 9.17) is 0 Å². The summed E-state index contributed by atoms with van der Waals surface area (Å²) in [4.78, 5) is 50.8. The normalized spacial score (nSPS) is 31.2. The van der Waals surface area contributed by atoms with E-state index in [1.807, 2.05) is 0 Å². The van der Waals surface area contributed by atoms with Gasteiger partial charge in [-0.25, -0.2) is 4.39 Å². The Labute approximate surface area is 228 Å². The zero-order valence-corrected chi connectivity index (χ0v) is 22.5. The van der Waals surface area contributed by atoms with Gasteiger partial charge in [0.1, 0.15) is 11.9 Å². The first kappa shape index (κ1) is 26.4. The van der Waals surface area contributed by atoms with Gasteiger partial charge in [-0.1, -0.05) is 19.3 Å². The van der Waals surface area contributed by atoms with Gasteiger partial charge >= 0.3 is 0 Å². The Morgan fingerprint density at radius 3 is 2.18 bits per heavy atom. The summed E-state index contributed by atoms with van der Waals surface area (Å²) in [5, 5.41) is 9.29. The molecule has 0 spiro atoms. The van der Waals surface area contributed by atoms with Crippen molar-refractivity contribution < 1.29 is 23.6 Å². The van der Waals surface area contributed by atoms with Crippen LogP contribution in [0.25, 0.3) is 0 Å². The van der Waals surface area contributed by atoms with Crippen LogP contribution in [-0.2, 0) is 9.59 Å². The zero-order chi connectivity index (χ0) is 27.1. The van der Waals surface area contributed by atoms with Crippen LogP contribution in [-0.4, -0.2) is 53.2 Å². The van der Waals surface area contributed by atoms with Crippen LogP contribution in [0.15, 0.2) is 12.1 Å². The van der Waals surface area contributed by atoms with Crippen molar-refractivity contribution in [2.24, 2.45) is 17.8 Å². The number of rotatable bonds is 11. The lowest BCUT2D eigenvalue weighted by Gasteiger charge is -2.57. The Bertz CT molecular complexity index is 1150. The maximum absolute atomic E-state index is 14.4. The second kappa shape index (κ2) is 10.6. The molecular weight excluding hydrogens is 499 g/mol. The third kappa shape index (κ3) is 5.22. The Balaban J connectivity index is 0.945. The van der Waals surface area contributed by atoms with E-state index in [9.17, 15) is 23.6 Å². The molecule has 3 N–H and O–H groups in total. The Morgan fingerprint density at radius 1 is 0.872 bits per heavy atom. The van der Waals surface area contributed by atoms with Crippen molar-refractivity contribution in [1.29, 1.82) is 0 Å². The molecule has 39 heavy (non-hydrogen) atoms. The highest BCUT2D eigenvalue weighted by molar-refractivity contribution is 6.25. The lowest BCUT2D eigenvalue weighted by Crippen LogP contribution is -2.58. The second-order valence-electron chi connectivity index (χ2n) is 12.6. The van der Waals surface area contributed by atoms with Crippen LogP contribution in [0, 0.1) is 23.6 Å². The number of unbranched alkanes of at least 4 members (excludes halogenated alkanes) is 4. The topological polar surface area (TPSA) is 108 Å². The summed E-state index contributed by atoms with van der Waals surface area (Å²) in [5.74, 6) is -0.163. The number of hydrogen-bond acceptors (Lipinski definition) is 6. The molecule has 8 nitrogen and oxygen atoms in total. The fraction of sp³-hybridized carbons (Fsp3) is 0.667. The van der Waals surface area contributed by atoms with Crippen molar-refractivity contribution in [2.45, 2.75) is 95.1 Å². The summed E-state index contributed by atoms with van der Waals surface area (Å²) in [5.41, 5.74) is 0.759. The molecular formula is C30H39FN4O4. The third-order valence-corrected chi connectivity index (χ3v) is 9.71. The van der Waals surface area contributed by atoms with Crippen LogP contribution < -0.4 is 16.0 Å². The molecule has 0 radical (unpaired) electrons. The number of piperidine rings is 1. The summed E-state index contributed by atoms with van der Waals surface area (Å²) < 4.78 is 14.4. The summed E-state index contributed by atoms with van der Waals surface area (Å²) >= 11 is 0. The lowest BCUT2D eigenvalue weighted by atomic mass is 9.53. The molecule has 1 unspecified atom stereocenters. The minimum absolute atomic E-state index is 0.0428. The lowest BCUT2D eigenvalue weighted by molar-refractivity contribution is -0.136. The maximum Gasteiger partial charge on any atom is 0.264 e. The van der Waals surface area contributed by atoms with Gasteiger partial charge in [0.05, 0.1) is 16.8 Å². The highest BCUT2D eigenvalue weighted by Gasteiger charge is 2.50. The minimum atomic E-state index is -1.07. The highest BCUT2D eigenvalue weighted by atomic mass is 19.1. The van der Waals surface area contributed by atoms with Gasteiger partial charge in [-0.2, -0.15) is 0 Å². The molecule has 210 valence electrons. The Hall–Kier alpha value is -2.81. The average molecular weight is 539 g/mol. The van der Waals surface area contributed by atoms with Crippen LogP contribution in [0.1, 0.15) is 104 Å². The zero-order valence-electron chi connectivity index (χ0n) is 22.5. The minimum Gasteiger partial charge on any atom is -0.384 e. The summed E-state index contributed by atoms with van der Waals surface area (Å²) in [6.07, 6.45) is 14.0. The van der Waals surface area contributed by atoms with Gasteiger partial charge in [-0.05, 0) is 94.2 Å². The van der Waals surface area contributed by atoms with Gasteiger partial charge in [0.15, 0.2) is 0 Å². The van der Waals surface area contributed by atoms with Crippen LogP contribution in [0.2, 0.25) is 0 Å². The standard InChI is InChI=1S/C30H39FN4O4/c31-21-13-22-26(29(39)35(28(22)38)24-6-7-25(36)34-27(24)37)23(14-21)32-8-4-2-1-3-5-9-33-30-15-18-10-19(16-30)12-20(11-18)17-30/h13-14,18-20,24,32-33H,1-12,15-17H2,(H,34,36,37). The van der Waals surface area contributed by atoms with E-state index < -0.39 is 35.5 Å². The van der Waals surface area contributed by atoms with Crippen molar-refractivity contribution >= 4 is 29.3 Å². The Morgan fingerprint density at radius 2 is 1.51 bits per heavy atom. The number of halogens is 1. The van der Waals surface area contributed by atoms with E-state index in [1.165, 1.54) is 57.4 Å². The van der Waals surface area contributed by atoms with Crippen molar-refractivity contribution in [2.75, 3.05) is 18.4 Å². The number of amides is 4. The molecule has 5 fully saturated rings. The van der Waals surface area contributed by atoms with E-state index in [-0.39, 0.29) is 29.7 Å². The van der Waals surface area contributed by atoms with Gasteiger partial charge in [0, 0.05) is 18.5 Å². The molecule has 9 heteroatoms. The van der Waals surface area contributed by atoms with Crippen LogP contribution in [0.3, 0.4) is 0 Å². The second-order valence-corrected chi connectivity index (χ2v) is 12.6. The van der Waals surface area contributed by atoms with Gasteiger partial charge in [-0.3, -0.25) is 29.4 Å². The van der Waals surface area contributed by atoms with Crippen molar-refractivity contribution in [3.05, 3.63) is 29.1 Å². The Kier molecular flexibility index (Phi) is 7.20. The molecule has 1 aromatic carbocycles. The fourth-order valence-corrected chi connectivity index (χ4v) is 8.38.